The van der Waals surface area contributed by atoms with Crippen molar-refractivity contribution in [2.24, 2.45) is 0 Å². The Labute approximate surface area is 125 Å². The second-order valence-electron chi connectivity index (χ2n) is 5.16. The predicted octanol–water partition coefficient (Wildman–Crippen LogP) is 2.17. The number of rotatable bonds is 7. The van der Waals surface area contributed by atoms with Crippen molar-refractivity contribution < 1.29 is 14.7 Å². The fraction of sp³-hybridized carbons (Fsp3) is 0.533. The maximum Gasteiger partial charge on any atom is 0.317 e. The standard InChI is InChI=1S/C15H23N3O3/c1-4-6-12(9-14(19)20)17-15(21)18(3)10-13-8-5-7-11(2)16-13/h5,7-8,12H,4,6,9-10H2,1-3H3,(H,17,21)(H,19,20). The zero-order valence-corrected chi connectivity index (χ0v) is 12.8. The molecule has 1 unspecified atom stereocenters. The van der Waals surface area contributed by atoms with Crippen LogP contribution in [-0.4, -0.2) is 40.1 Å². The van der Waals surface area contributed by atoms with Crippen molar-refractivity contribution in [3.8, 4) is 0 Å². The van der Waals surface area contributed by atoms with Crippen LogP contribution in [0.5, 0.6) is 0 Å². The predicted molar refractivity (Wildman–Crippen MR) is 79.9 cm³/mol. The number of urea groups is 1. The molecule has 0 aromatic carbocycles. The fourth-order valence-corrected chi connectivity index (χ4v) is 2.07. The molecule has 1 aromatic rings. The van der Waals surface area contributed by atoms with Gasteiger partial charge in [0, 0.05) is 18.8 Å². The maximum absolute atomic E-state index is 12.1. The Kier molecular flexibility index (Phi) is 6.65. The van der Waals surface area contributed by atoms with Gasteiger partial charge in [0.2, 0.25) is 0 Å². The molecule has 1 rings (SSSR count). The molecule has 0 fully saturated rings. The average Bonchev–Trinajstić information content (AvgIpc) is 2.38. The van der Waals surface area contributed by atoms with Crippen LogP contribution in [0, 0.1) is 6.92 Å². The van der Waals surface area contributed by atoms with Crippen LogP contribution < -0.4 is 5.32 Å². The molecule has 0 radical (unpaired) electrons. The van der Waals surface area contributed by atoms with Crippen molar-refractivity contribution in [3.63, 3.8) is 0 Å². The Morgan fingerprint density at radius 3 is 2.71 bits per heavy atom. The van der Waals surface area contributed by atoms with E-state index in [0.29, 0.717) is 13.0 Å². The third kappa shape index (κ3) is 6.25. The molecular formula is C15H23N3O3. The lowest BCUT2D eigenvalue weighted by atomic mass is 10.1. The van der Waals surface area contributed by atoms with Gasteiger partial charge in [-0.2, -0.15) is 0 Å². The van der Waals surface area contributed by atoms with Gasteiger partial charge in [0.15, 0.2) is 0 Å². The van der Waals surface area contributed by atoms with Crippen LogP contribution in [0.4, 0.5) is 4.79 Å². The van der Waals surface area contributed by atoms with Crippen molar-refractivity contribution in [2.75, 3.05) is 7.05 Å². The molecule has 0 aliphatic carbocycles. The summed E-state index contributed by atoms with van der Waals surface area (Å²) in [6.45, 7) is 4.24. The summed E-state index contributed by atoms with van der Waals surface area (Å²) < 4.78 is 0. The lowest BCUT2D eigenvalue weighted by Gasteiger charge is -2.22. The first-order chi connectivity index (χ1) is 9.92. The zero-order valence-electron chi connectivity index (χ0n) is 12.8. The summed E-state index contributed by atoms with van der Waals surface area (Å²) >= 11 is 0. The number of aryl methyl sites for hydroxylation is 1. The summed E-state index contributed by atoms with van der Waals surface area (Å²) in [4.78, 5) is 28.7. The summed E-state index contributed by atoms with van der Waals surface area (Å²) in [6, 6.07) is 5.03. The second-order valence-corrected chi connectivity index (χ2v) is 5.16. The molecule has 2 N–H and O–H groups in total. The van der Waals surface area contributed by atoms with Crippen molar-refractivity contribution in [3.05, 3.63) is 29.6 Å². The number of aliphatic carboxylic acids is 1. The van der Waals surface area contributed by atoms with Gasteiger partial charge in [-0.05, 0) is 25.5 Å². The largest absolute Gasteiger partial charge is 0.481 e. The molecule has 0 aliphatic rings. The van der Waals surface area contributed by atoms with Crippen LogP contribution in [0.1, 0.15) is 37.6 Å². The third-order valence-electron chi connectivity index (χ3n) is 3.08. The summed E-state index contributed by atoms with van der Waals surface area (Å²) in [7, 11) is 1.67. The molecule has 0 saturated carbocycles. The van der Waals surface area contributed by atoms with Crippen molar-refractivity contribution in [2.45, 2.75) is 45.7 Å². The van der Waals surface area contributed by atoms with E-state index in [-0.39, 0.29) is 18.5 Å². The zero-order chi connectivity index (χ0) is 15.8. The fourth-order valence-electron chi connectivity index (χ4n) is 2.07. The average molecular weight is 293 g/mol. The molecule has 6 heteroatoms. The van der Waals surface area contributed by atoms with Crippen LogP contribution in [0.15, 0.2) is 18.2 Å². The van der Waals surface area contributed by atoms with Gasteiger partial charge in [0.25, 0.3) is 0 Å². The summed E-state index contributed by atoms with van der Waals surface area (Å²) in [5, 5.41) is 11.6. The van der Waals surface area contributed by atoms with Gasteiger partial charge in [0.05, 0.1) is 18.7 Å². The highest BCUT2D eigenvalue weighted by molar-refractivity contribution is 5.75. The molecule has 1 aromatic heterocycles. The number of carbonyl (C=O) groups excluding carboxylic acids is 1. The van der Waals surface area contributed by atoms with E-state index in [9.17, 15) is 9.59 Å². The highest BCUT2D eigenvalue weighted by Crippen LogP contribution is 2.05. The van der Waals surface area contributed by atoms with Gasteiger partial charge < -0.3 is 15.3 Å². The Morgan fingerprint density at radius 2 is 2.14 bits per heavy atom. The quantitative estimate of drug-likeness (QED) is 0.807. The first-order valence-electron chi connectivity index (χ1n) is 7.08. The number of carboxylic acid groups (broad SMARTS) is 1. The topological polar surface area (TPSA) is 82.5 Å². The molecule has 0 bridgehead atoms. The number of nitrogens with zero attached hydrogens (tertiary/aromatic N) is 2. The maximum atomic E-state index is 12.1. The van der Waals surface area contributed by atoms with E-state index in [1.165, 1.54) is 4.90 Å². The molecule has 1 atom stereocenters. The minimum Gasteiger partial charge on any atom is -0.481 e. The second kappa shape index (κ2) is 8.24. The SMILES string of the molecule is CCCC(CC(=O)O)NC(=O)N(C)Cc1cccc(C)n1. The van der Waals surface area contributed by atoms with Gasteiger partial charge in [-0.15, -0.1) is 0 Å². The van der Waals surface area contributed by atoms with Gasteiger partial charge in [-0.25, -0.2) is 4.79 Å². The van der Waals surface area contributed by atoms with Gasteiger partial charge in [-0.3, -0.25) is 9.78 Å². The molecule has 6 nitrogen and oxygen atoms in total. The highest BCUT2D eigenvalue weighted by atomic mass is 16.4. The normalized spacial score (nSPS) is 11.8. The third-order valence-corrected chi connectivity index (χ3v) is 3.08. The van der Waals surface area contributed by atoms with Crippen molar-refractivity contribution >= 4 is 12.0 Å². The van der Waals surface area contributed by atoms with E-state index >= 15 is 0 Å². The Morgan fingerprint density at radius 1 is 1.43 bits per heavy atom. The molecule has 116 valence electrons. The van der Waals surface area contributed by atoms with Crippen molar-refractivity contribution in [1.29, 1.82) is 0 Å². The Hall–Kier alpha value is -2.11. The van der Waals surface area contributed by atoms with Gasteiger partial charge in [0.1, 0.15) is 0 Å². The first-order valence-corrected chi connectivity index (χ1v) is 7.08. The highest BCUT2D eigenvalue weighted by Gasteiger charge is 2.17. The monoisotopic (exact) mass is 293 g/mol. The Bertz CT molecular complexity index is 491. The Balaban J connectivity index is 2.58. The van der Waals surface area contributed by atoms with E-state index in [1.807, 2.05) is 32.0 Å². The molecule has 1 heterocycles. The number of hydrogen-bond acceptors (Lipinski definition) is 3. The number of hydrogen-bond donors (Lipinski definition) is 2. The molecule has 21 heavy (non-hydrogen) atoms. The lowest BCUT2D eigenvalue weighted by Crippen LogP contribution is -2.43. The smallest absolute Gasteiger partial charge is 0.317 e. The minimum absolute atomic E-state index is 0.0594. The van der Waals surface area contributed by atoms with Gasteiger partial charge in [-0.1, -0.05) is 19.4 Å². The number of pyridine rings is 1. The van der Waals surface area contributed by atoms with E-state index < -0.39 is 5.97 Å². The number of aromatic nitrogens is 1. The molecule has 0 spiro atoms. The van der Waals surface area contributed by atoms with E-state index in [4.69, 9.17) is 5.11 Å². The van der Waals surface area contributed by atoms with E-state index in [1.54, 1.807) is 7.05 Å². The lowest BCUT2D eigenvalue weighted by molar-refractivity contribution is -0.137. The van der Waals surface area contributed by atoms with E-state index in [0.717, 1.165) is 17.8 Å². The molecular weight excluding hydrogens is 270 g/mol. The number of carbonyl (C=O) groups is 2. The summed E-state index contributed by atoms with van der Waals surface area (Å²) in [5.41, 5.74) is 1.70. The van der Waals surface area contributed by atoms with Crippen LogP contribution in [0.25, 0.3) is 0 Å². The van der Waals surface area contributed by atoms with Gasteiger partial charge >= 0.3 is 12.0 Å². The molecule has 2 amide bonds. The van der Waals surface area contributed by atoms with Crippen molar-refractivity contribution in [1.82, 2.24) is 15.2 Å². The van der Waals surface area contributed by atoms with Crippen LogP contribution in [-0.2, 0) is 11.3 Å². The number of carboxylic acids is 1. The number of amides is 2. The first kappa shape index (κ1) is 16.9. The molecule has 0 saturated heterocycles. The number of nitrogens with one attached hydrogen (secondary N) is 1. The van der Waals surface area contributed by atoms with Crippen LogP contribution in [0.3, 0.4) is 0 Å². The minimum atomic E-state index is -0.906. The van der Waals surface area contributed by atoms with Crippen LogP contribution >= 0.6 is 0 Å². The molecule has 0 aliphatic heterocycles. The van der Waals surface area contributed by atoms with E-state index in [2.05, 4.69) is 10.3 Å². The summed E-state index contributed by atoms with van der Waals surface area (Å²) in [5.74, 6) is -0.906. The van der Waals surface area contributed by atoms with Crippen LogP contribution in [0.2, 0.25) is 0 Å². The summed E-state index contributed by atoms with van der Waals surface area (Å²) in [6.07, 6.45) is 1.41.